The van der Waals surface area contributed by atoms with E-state index in [0.717, 1.165) is 23.6 Å². The van der Waals surface area contributed by atoms with Gasteiger partial charge in [0.25, 0.3) is 0 Å². The molecule has 0 aliphatic carbocycles. The molecule has 0 saturated carbocycles. The van der Waals surface area contributed by atoms with Crippen LogP contribution < -0.4 is 5.32 Å². The van der Waals surface area contributed by atoms with Gasteiger partial charge in [0.1, 0.15) is 6.33 Å². The minimum Gasteiger partial charge on any atom is -0.380 e. The molecule has 3 aromatic rings. The van der Waals surface area contributed by atoms with Crippen LogP contribution in [-0.4, -0.2) is 14.8 Å². The van der Waals surface area contributed by atoms with Crippen molar-refractivity contribution in [1.82, 2.24) is 14.8 Å². The molecule has 1 heterocycles. The Kier molecular flexibility index (Phi) is 3.69. The van der Waals surface area contributed by atoms with Gasteiger partial charge >= 0.3 is 0 Å². The Morgan fingerprint density at radius 1 is 1.05 bits per heavy atom. The molecule has 0 fully saturated rings. The molecule has 4 nitrogen and oxygen atoms in total. The summed E-state index contributed by atoms with van der Waals surface area (Å²) >= 11 is 0. The first-order valence-corrected chi connectivity index (χ1v) is 6.97. The van der Waals surface area contributed by atoms with E-state index in [-0.39, 0.29) is 0 Å². The highest BCUT2D eigenvalue weighted by molar-refractivity contribution is 5.73. The van der Waals surface area contributed by atoms with E-state index < -0.39 is 0 Å². The van der Waals surface area contributed by atoms with Gasteiger partial charge in [-0.2, -0.15) is 0 Å². The number of nitrogens with one attached hydrogen (secondary N) is 1. The molecule has 0 bridgehead atoms. The quantitative estimate of drug-likeness (QED) is 0.795. The number of hydrogen-bond acceptors (Lipinski definition) is 3. The zero-order valence-corrected chi connectivity index (χ0v) is 12.2. The number of benzene rings is 2. The molecule has 1 N–H and O–H groups in total. The highest BCUT2D eigenvalue weighted by atomic mass is 15.2. The monoisotopic (exact) mass is 278 g/mol. The number of anilines is 1. The second-order valence-electron chi connectivity index (χ2n) is 5.09. The fraction of sp³-hybridized carbons (Fsp3) is 0.176. The van der Waals surface area contributed by atoms with Gasteiger partial charge in [-0.15, -0.1) is 10.2 Å². The van der Waals surface area contributed by atoms with Crippen molar-refractivity contribution in [1.29, 1.82) is 0 Å². The van der Waals surface area contributed by atoms with Gasteiger partial charge in [-0.1, -0.05) is 36.4 Å². The van der Waals surface area contributed by atoms with Crippen molar-refractivity contribution < 1.29 is 0 Å². The molecule has 4 heteroatoms. The largest absolute Gasteiger partial charge is 0.380 e. The van der Waals surface area contributed by atoms with E-state index >= 15 is 0 Å². The van der Waals surface area contributed by atoms with Crippen molar-refractivity contribution in [2.75, 3.05) is 5.32 Å². The standard InChI is InChI=1S/C17H18N4/c1-13-7-3-4-8-14(13)11-18-16-10-6-5-9-15(16)17-20-19-12-21(17)2/h3-10,12,18H,11H2,1-2H3. The maximum Gasteiger partial charge on any atom is 0.165 e. The molecule has 21 heavy (non-hydrogen) atoms. The van der Waals surface area contributed by atoms with E-state index in [0.29, 0.717) is 0 Å². The number of rotatable bonds is 4. The van der Waals surface area contributed by atoms with Gasteiger partial charge in [0.2, 0.25) is 0 Å². The van der Waals surface area contributed by atoms with E-state index in [4.69, 9.17) is 0 Å². The van der Waals surface area contributed by atoms with Gasteiger partial charge in [0, 0.05) is 24.8 Å². The summed E-state index contributed by atoms with van der Waals surface area (Å²) in [6, 6.07) is 16.6. The average molecular weight is 278 g/mol. The molecule has 0 aliphatic heterocycles. The Balaban J connectivity index is 1.87. The van der Waals surface area contributed by atoms with Crippen molar-refractivity contribution in [2.24, 2.45) is 7.05 Å². The normalized spacial score (nSPS) is 10.6. The lowest BCUT2D eigenvalue weighted by Gasteiger charge is -2.12. The fourth-order valence-electron chi connectivity index (χ4n) is 2.36. The van der Waals surface area contributed by atoms with Crippen LogP contribution in [0.25, 0.3) is 11.4 Å². The minimum absolute atomic E-state index is 0.793. The molecular formula is C17H18N4. The summed E-state index contributed by atoms with van der Waals surface area (Å²) in [6.07, 6.45) is 1.72. The Bertz CT molecular complexity index is 746. The van der Waals surface area contributed by atoms with Gasteiger partial charge in [0.05, 0.1) is 0 Å². The molecule has 1 aromatic heterocycles. The van der Waals surface area contributed by atoms with Crippen LogP contribution in [0.1, 0.15) is 11.1 Å². The average Bonchev–Trinajstić information content (AvgIpc) is 2.93. The number of hydrogen-bond donors (Lipinski definition) is 1. The fourth-order valence-corrected chi connectivity index (χ4v) is 2.36. The minimum atomic E-state index is 0.793. The first-order chi connectivity index (χ1) is 10.3. The zero-order valence-electron chi connectivity index (χ0n) is 12.2. The molecule has 0 radical (unpaired) electrons. The summed E-state index contributed by atoms with van der Waals surface area (Å²) in [5.41, 5.74) is 4.72. The van der Waals surface area contributed by atoms with Gasteiger partial charge in [0.15, 0.2) is 5.82 Å². The molecule has 0 atom stereocenters. The second kappa shape index (κ2) is 5.79. The van der Waals surface area contributed by atoms with E-state index in [1.54, 1.807) is 6.33 Å². The molecule has 3 rings (SSSR count). The van der Waals surface area contributed by atoms with Gasteiger partial charge in [-0.3, -0.25) is 0 Å². The van der Waals surface area contributed by atoms with Crippen LogP contribution in [-0.2, 0) is 13.6 Å². The zero-order chi connectivity index (χ0) is 14.7. The van der Waals surface area contributed by atoms with Crippen LogP contribution in [0.5, 0.6) is 0 Å². The molecule has 0 aliphatic rings. The lowest BCUT2D eigenvalue weighted by Crippen LogP contribution is -2.03. The van der Waals surface area contributed by atoms with Crippen LogP contribution in [0.15, 0.2) is 54.9 Å². The molecule has 0 spiro atoms. The van der Waals surface area contributed by atoms with E-state index in [1.807, 2.05) is 23.7 Å². The van der Waals surface area contributed by atoms with E-state index in [1.165, 1.54) is 11.1 Å². The third-order valence-corrected chi connectivity index (χ3v) is 3.61. The Labute approximate surface area is 124 Å². The van der Waals surface area contributed by atoms with E-state index in [2.05, 4.69) is 58.8 Å². The molecule has 0 amide bonds. The molecule has 2 aromatic carbocycles. The van der Waals surface area contributed by atoms with Crippen LogP contribution in [0.4, 0.5) is 5.69 Å². The van der Waals surface area contributed by atoms with Crippen molar-refractivity contribution >= 4 is 5.69 Å². The summed E-state index contributed by atoms with van der Waals surface area (Å²) in [5, 5.41) is 11.7. The Morgan fingerprint density at radius 3 is 2.57 bits per heavy atom. The van der Waals surface area contributed by atoms with Crippen LogP contribution in [0.2, 0.25) is 0 Å². The maximum atomic E-state index is 4.19. The predicted molar refractivity (Wildman–Crippen MR) is 84.9 cm³/mol. The lowest BCUT2D eigenvalue weighted by molar-refractivity contribution is 0.919. The summed E-state index contributed by atoms with van der Waals surface area (Å²) in [4.78, 5) is 0. The summed E-state index contributed by atoms with van der Waals surface area (Å²) < 4.78 is 1.92. The van der Waals surface area contributed by atoms with Gasteiger partial charge < -0.3 is 9.88 Å². The summed E-state index contributed by atoms with van der Waals surface area (Å²) in [6.45, 7) is 2.92. The number of nitrogens with zero attached hydrogens (tertiary/aromatic N) is 3. The molecule has 0 unspecified atom stereocenters. The molecule has 106 valence electrons. The Hall–Kier alpha value is -2.62. The summed E-state index contributed by atoms with van der Waals surface area (Å²) in [5.74, 6) is 0.864. The van der Waals surface area contributed by atoms with Crippen molar-refractivity contribution in [2.45, 2.75) is 13.5 Å². The number of para-hydroxylation sites is 1. The second-order valence-corrected chi connectivity index (χ2v) is 5.09. The topological polar surface area (TPSA) is 42.7 Å². The van der Waals surface area contributed by atoms with Crippen LogP contribution in [0.3, 0.4) is 0 Å². The molecule has 0 saturated heterocycles. The third-order valence-electron chi connectivity index (χ3n) is 3.61. The summed E-state index contributed by atoms with van der Waals surface area (Å²) in [7, 11) is 1.95. The number of aryl methyl sites for hydroxylation is 2. The van der Waals surface area contributed by atoms with Crippen LogP contribution >= 0.6 is 0 Å². The lowest BCUT2D eigenvalue weighted by atomic mass is 10.1. The van der Waals surface area contributed by atoms with Gasteiger partial charge in [-0.25, -0.2) is 0 Å². The van der Waals surface area contributed by atoms with Crippen molar-refractivity contribution in [3.05, 3.63) is 66.0 Å². The van der Waals surface area contributed by atoms with Crippen molar-refractivity contribution in [3.8, 4) is 11.4 Å². The third kappa shape index (κ3) is 2.79. The maximum absolute atomic E-state index is 4.19. The molecular weight excluding hydrogens is 260 g/mol. The smallest absolute Gasteiger partial charge is 0.165 e. The first-order valence-electron chi connectivity index (χ1n) is 6.97. The highest BCUT2D eigenvalue weighted by Gasteiger charge is 2.09. The van der Waals surface area contributed by atoms with Gasteiger partial charge in [-0.05, 0) is 30.2 Å². The Morgan fingerprint density at radius 2 is 1.81 bits per heavy atom. The SMILES string of the molecule is Cc1ccccc1CNc1ccccc1-c1nncn1C. The highest BCUT2D eigenvalue weighted by Crippen LogP contribution is 2.26. The van der Waals surface area contributed by atoms with Crippen LogP contribution in [0, 0.1) is 6.92 Å². The first kappa shape index (κ1) is 13.4. The number of aromatic nitrogens is 3. The van der Waals surface area contributed by atoms with Crippen molar-refractivity contribution in [3.63, 3.8) is 0 Å². The predicted octanol–water partition coefficient (Wildman–Crippen LogP) is 3.40. The van der Waals surface area contributed by atoms with E-state index in [9.17, 15) is 0 Å².